The van der Waals surface area contributed by atoms with Crippen molar-refractivity contribution in [3.05, 3.63) is 56.6 Å². The maximum atomic E-state index is 12.1. The fourth-order valence-corrected chi connectivity index (χ4v) is 4.79. The molecule has 0 bridgehead atoms. The molecule has 24 heavy (non-hydrogen) atoms. The van der Waals surface area contributed by atoms with E-state index in [1.54, 1.807) is 23.5 Å². The minimum atomic E-state index is -0.409. The first kappa shape index (κ1) is 14.9. The monoisotopic (exact) mass is 341 g/mol. The lowest BCUT2D eigenvalue weighted by atomic mass is 9.95. The summed E-state index contributed by atoms with van der Waals surface area (Å²) in [5, 5.41) is 12.5. The Kier molecular flexibility index (Phi) is 3.38. The number of fused-ring (bicyclic) bond motifs is 2. The van der Waals surface area contributed by atoms with Gasteiger partial charge in [0.05, 0.1) is 16.0 Å². The zero-order valence-corrected chi connectivity index (χ0v) is 13.6. The molecule has 0 saturated carbocycles. The highest BCUT2D eigenvalue weighted by molar-refractivity contribution is 7.15. The highest BCUT2D eigenvalue weighted by atomic mass is 32.1. The second-order valence-electron chi connectivity index (χ2n) is 5.94. The lowest BCUT2D eigenvalue weighted by Crippen LogP contribution is -2.16. The first-order chi connectivity index (χ1) is 11.6. The molecule has 0 atom stereocenters. The predicted octanol–water partition coefficient (Wildman–Crippen LogP) is 3.58. The highest BCUT2D eigenvalue weighted by Gasteiger charge is 2.25. The summed E-state index contributed by atoms with van der Waals surface area (Å²) in [6.45, 7) is 0. The van der Waals surface area contributed by atoms with Crippen LogP contribution >= 0.6 is 11.3 Å². The van der Waals surface area contributed by atoms with E-state index in [0.29, 0.717) is 5.56 Å². The van der Waals surface area contributed by atoms with Crippen molar-refractivity contribution in [3.8, 4) is 5.00 Å². The number of aryl methyl sites for hydroxylation is 1. The van der Waals surface area contributed by atoms with Gasteiger partial charge in [-0.15, -0.1) is 11.3 Å². The molecule has 0 fully saturated rings. The Labute approximate surface area is 141 Å². The summed E-state index contributed by atoms with van der Waals surface area (Å²) in [5.41, 5.74) is 8.24. The molecule has 1 aromatic carbocycles. The molecule has 2 aromatic heterocycles. The van der Waals surface area contributed by atoms with Crippen LogP contribution in [0.4, 0.5) is 5.69 Å². The zero-order chi connectivity index (χ0) is 16.8. The lowest BCUT2D eigenvalue weighted by Gasteiger charge is -2.11. The molecular formula is C17H15N3O3S. The van der Waals surface area contributed by atoms with Gasteiger partial charge in [0.1, 0.15) is 5.00 Å². The van der Waals surface area contributed by atoms with Gasteiger partial charge in [-0.25, -0.2) is 0 Å². The van der Waals surface area contributed by atoms with E-state index in [2.05, 4.69) is 0 Å². The molecular weight excluding hydrogens is 326 g/mol. The zero-order valence-electron chi connectivity index (χ0n) is 12.8. The van der Waals surface area contributed by atoms with Gasteiger partial charge in [0.25, 0.3) is 11.6 Å². The number of carbonyl (C=O) groups excluding carboxylic acids is 1. The number of hydrogen-bond acceptors (Lipinski definition) is 4. The summed E-state index contributed by atoms with van der Waals surface area (Å²) in [6, 6.07) is 6.57. The maximum absolute atomic E-state index is 12.1. The fourth-order valence-electron chi connectivity index (χ4n) is 3.40. The number of thiophene rings is 1. The third kappa shape index (κ3) is 2.20. The van der Waals surface area contributed by atoms with E-state index in [1.165, 1.54) is 10.9 Å². The SMILES string of the molecule is NC(=O)c1c(-n2ccc3cc([N+](=O)[O-])ccc32)sc2c1CCCC2. The molecule has 1 aliphatic rings. The predicted molar refractivity (Wildman–Crippen MR) is 93.0 cm³/mol. The molecule has 7 heteroatoms. The maximum Gasteiger partial charge on any atom is 0.270 e. The normalized spacial score (nSPS) is 13.8. The Morgan fingerprint density at radius 3 is 2.79 bits per heavy atom. The third-order valence-corrected chi connectivity index (χ3v) is 5.79. The Morgan fingerprint density at radius 2 is 2.04 bits per heavy atom. The smallest absolute Gasteiger partial charge is 0.270 e. The molecule has 6 nitrogen and oxygen atoms in total. The number of nitrogens with zero attached hydrogens (tertiary/aromatic N) is 2. The molecule has 0 aliphatic heterocycles. The number of rotatable bonds is 3. The van der Waals surface area contributed by atoms with Crippen molar-refractivity contribution >= 4 is 33.8 Å². The quantitative estimate of drug-likeness (QED) is 0.583. The van der Waals surface area contributed by atoms with Crippen LogP contribution in [-0.2, 0) is 12.8 Å². The van der Waals surface area contributed by atoms with Crippen LogP contribution in [0, 0.1) is 10.1 Å². The number of carbonyl (C=O) groups is 1. The summed E-state index contributed by atoms with van der Waals surface area (Å²) in [5.74, 6) is -0.409. The topological polar surface area (TPSA) is 91.2 Å². The number of amides is 1. The molecule has 2 heterocycles. The van der Waals surface area contributed by atoms with Crippen LogP contribution in [0.3, 0.4) is 0 Å². The van der Waals surface area contributed by atoms with Gasteiger partial charge in [-0.05, 0) is 43.4 Å². The fraction of sp³-hybridized carbons (Fsp3) is 0.235. The Morgan fingerprint density at radius 1 is 1.25 bits per heavy atom. The van der Waals surface area contributed by atoms with Gasteiger partial charge in [0, 0.05) is 28.6 Å². The second-order valence-corrected chi connectivity index (χ2v) is 7.02. The third-order valence-electron chi connectivity index (χ3n) is 4.50. The van der Waals surface area contributed by atoms with E-state index in [1.807, 2.05) is 16.8 Å². The molecule has 122 valence electrons. The molecule has 3 aromatic rings. The minimum absolute atomic E-state index is 0.0563. The number of primary amides is 1. The summed E-state index contributed by atoms with van der Waals surface area (Å²) in [7, 11) is 0. The number of nitro groups is 1. The van der Waals surface area contributed by atoms with E-state index >= 15 is 0 Å². The van der Waals surface area contributed by atoms with Crippen LogP contribution in [0.1, 0.15) is 33.6 Å². The van der Waals surface area contributed by atoms with Gasteiger partial charge in [-0.3, -0.25) is 14.9 Å². The number of benzene rings is 1. The van der Waals surface area contributed by atoms with Crippen molar-refractivity contribution in [3.63, 3.8) is 0 Å². The Bertz CT molecular complexity index is 987. The van der Waals surface area contributed by atoms with Crippen LogP contribution in [-0.4, -0.2) is 15.4 Å². The van der Waals surface area contributed by atoms with E-state index in [0.717, 1.165) is 47.2 Å². The molecule has 2 N–H and O–H groups in total. The average molecular weight is 341 g/mol. The van der Waals surface area contributed by atoms with E-state index in [-0.39, 0.29) is 5.69 Å². The molecule has 4 rings (SSSR count). The van der Waals surface area contributed by atoms with Gasteiger partial charge in [-0.2, -0.15) is 0 Å². The number of hydrogen-bond donors (Lipinski definition) is 1. The van der Waals surface area contributed by atoms with Crippen molar-refractivity contribution in [1.29, 1.82) is 0 Å². The summed E-state index contributed by atoms with van der Waals surface area (Å²) in [4.78, 5) is 23.8. The standard InChI is InChI=1S/C17H15N3O3S/c18-16(21)15-12-3-1-2-4-14(12)24-17(15)19-8-7-10-9-11(20(22)23)5-6-13(10)19/h5-9H,1-4H2,(H2,18,21). The molecule has 1 aliphatic carbocycles. The largest absolute Gasteiger partial charge is 0.365 e. The van der Waals surface area contributed by atoms with Crippen LogP contribution < -0.4 is 5.73 Å². The molecule has 0 radical (unpaired) electrons. The highest BCUT2D eigenvalue weighted by Crippen LogP contribution is 2.38. The second kappa shape index (κ2) is 5.45. The van der Waals surface area contributed by atoms with Crippen LogP contribution in [0.15, 0.2) is 30.5 Å². The Hall–Kier alpha value is -2.67. The summed E-state index contributed by atoms with van der Waals surface area (Å²) < 4.78 is 1.92. The van der Waals surface area contributed by atoms with Crippen LogP contribution in [0.2, 0.25) is 0 Å². The first-order valence-electron chi connectivity index (χ1n) is 7.76. The molecule has 0 saturated heterocycles. The number of nitro benzene ring substituents is 1. The number of non-ortho nitro benzene ring substituents is 1. The van der Waals surface area contributed by atoms with Gasteiger partial charge in [0.15, 0.2) is 0 Å². The van der Waals surface area contributed by atoms with Gasteiger partial charge in [0.2, 0.25) is 0 Å². The minimum Gasteiger partial charge on any atom is -0.365 e. The van der Waals surface area contributed by atoms with E-state index in [4.69, 9.17) is 5.73 Å². The Balaban J connectivity index is 1.93. The van der Waals surface area contributed by atoms with Gasteiger partial charge >= 0.3 is 0 Å². The van der Waals surface area contributed by atoms with Gasteiger partial charge < -0.3 is 10.3 Å². The van der Waals surface area contributed by atoms with E-state index < -0.39 is 10.8 Å². The summed E-state index contributed by atoms with van der Waals surface area (Å²) in [6.07, 6.45) is 5.91. The number of nitrogens with two attached hydrogens (primary N) is 1. The average Bonchev–Trinajstić information content (AvgIpc) is 3.14. The van der Waals surface area contributed by atoms with E-state index in [9.17, 15) is 14.9 Å². The lowest BCUT2D eigenvalue weighted by molar-refractivity contribution is -0.384. The van der Waals surface area contributed by atoms with Crippen molar-refractivity contribution in [1.82, 2.24) is 4.57 Å². The van der Waals surface area contributed by atoms with Crippen molar-refractivity contribution < 1.29 is 9.72 Å². The van der Waals surface area contributed by atoms with Crippen molar-refractivity contribution in [2.45, 2.75) is 25.7 Å². The first-order valence-corrected chi connectivity index (χ1v) is 8.58. The van der Waals surface area contributed by atoms with Crippen molar-refractivity contribution in [2.24, 2.45) is 5.73 Å². The van der Waals surface area contributed by atoms with Crippen LogP contribution in [0.25, 0.3) is 15.9 Å². The van der Waals surface area contributed by atoms with Crippen LogP contribution in [0.5, 0.6) is 0 Å². The molecule has 1 amide bonds. The van der Waals surface area contributed by atoms with Crippen molar-refractivity contribution in [2.75, 3.05) is 0 Å². The molecule has 0 unspecified atom stereocenters. The molecule has 0 spiro atoms. The van der Waals surface area contributed by atoms with Gasteiger partial charge in [-0.1, -0.05) is 0 Å². The summed E-state index contributed by atoms with van der Waals surface area (Å²) >= 11 is 1.60. The number of aromatic nitrogens is 1.